The van der Waals surface area contributed by atoms with E-state index in [0.29, 0.717) is 24.9 Å². The Balaban J connectivity index is 2.14. The van der Waals surface area contributed by atoms with Crippen LogP contribution >= 0.6 is 0 Å². The first kappa shape index (κ1) is 14.4. The molecule has 0 amide bonds. The molecule has 1 heterocycles. The SMILES string of the molecule is C[C@@H]1C[C@H](N)CCN1S(=O)(=O)Cc1cccc(F)c1. The highest BCUT2D eigenvalue weighted by Crippen LogP contribution is 2.22. The zero-order valence-corrected chi connectivity index (χ0v) is 11.7. The summed E-state index contributed by atoms with van der Waals surface area (Å²) >= 11 is 0. The van der Waals surface area contributed by atoms with Gasteiger partial charge in [0.1, 0.15) is 5.82 Å². The lowest BCUT2D eigenvalue weighted by Gasteiger charge is -2.35. The van der Waals surface area contributed by atoms with Gasteiger partial charge in [0.05, 0.1) is 5.75 Å². The number of halogens is 1. The molecule has 1 aromatic carbocycles. The van der Waals surface area contributed by atoms with Crippen LogP contribution in [0.4, 0.5) is 4.39 Å². The highest BCUT2D eigenvalue weighted by atomic mass is 32.2. The van der Waals surface area contributed by atoms with Crippen LogP contribution in [0.25, 0.3) is 0 Å². The Bertz CT molecular complexity index is 547. The standard InChI is InChI=1S/C13H19FN2O2S/c1-10-7-13(15)5-6-16(10)19(17,18)9-11-3-2-4-12(14)8-11/h2-4,8,10,13H,5-7,9,15H2,1H3/t10-,13-/m1/s1. The van der Waals surface area contributed by atoms with E-state index in [9.17, 15) is 12.8 Å². The molecule has 1 saturated heterocycles. The molecular formula is C13H19FN2O2S. The van der Waals surface area contributed by atoms with E-state index in [1.165, 1.54) is 22.5 Å². The molecular weight excluding hydrogens is 267 g/mol. The Labute approximate surface area is 113 Å². The van der Waals surface area contributed by atoms with Crippen LogP contribution in [-0.4, -0.2) is 31.4 Å². The van der Waals surface area contributed by atoms with E-state index in [-0.39, 0.29) is 17.8 Å². The lowest BCUT2D eigenvalue weighted by atomic mass is 10.0. The van der Waals surface area contributed by atoms with Gasteiger partial charge in [-0.05, 0) is 37.5 Å². The van der Waals surface area contributed by atoms with Gasteiger partial charge in [0, 0.05) is 18.6 Å². The average molecular weight is 286 g/mol. The fourth-order valence-corrected chi connectivity index (χ4v) is 4.31. The summed E-state index contributed by atoms with van der Waals surface area (Å²) in [5.74, 6) is -0.578. The molecule has 0 saturated carbocycles. The van der Waals surface area contributed by atoms with Crippen molar-refractivity contribution < 1.29 is 12.8 Å². The zero-order valence-electron chi connectivity index (χ0n) is 10.9. The summed E-state index contributed by atoms with van der Waals surface area (Å²) in [7, 11) is -3.41. The summed E-state index contributed by atoms with van der Waals surface area (Å²) in [5, 5.41) is 0. The van der Waals surface area contributed by atoms with Gasteiger partial charge >= 0.3 is 0 Å². The number of hydrogen-bond donors (Lipinski definition) is 1. The van der Waals surface area contributed by atoms with E-state index in [1.807, 2.05) is 6.92 Å². The van der Waals surface area contributed by atoms with Crippen LogP contribution in [0.3, 0.4) is 0 Å². The molecule has 1 aliphatic rings. The number of nitrogens with zero attached hydrogens (tertiary/aromatic N) is 1. The van der Waals surface area contributed by atoms with Gasteiger partial charge in [-0.3, -0.25) is 0 Å². The molecule has 1 fully saturated rings. The molecule has 0 spiro atoms. The summed E-state index contributed by atoms with van der Waals surface area (Å²) in [5.41, 5.74) is 6.31. The topological polar surface area (TPSA) is 63.4 Å². The van der Waals surface area contributed by atoms with E-state index in [0.717, 1.165) is 0 Å². The van der Waals surface area contributed by atoms with E-state index in [4.69, 9.17) is 5.73 Å². The van der Waals surface area contributed by atoms with E-state index in [2.05, 4.69) is 0 Å². The molecule has 1 aromatic rings. The van der Waals surface area contributed by atoms with Crippen molar-refractivity contribution in [3.05, 3.63) is 35.6 Å². The summed E-state index contributed by atoms with van der Waals surface area (Å²) in [6.07, 6.45) is 1.34. The van der Waals surface area contributed by atoms with E-state index >= 15 is 0 Å². The minimum Gasteiger partial charge on any atom is -0.328 e. The first-order valence-corrected chi connectivity index (χ1v) is 7.99. The van der Waals surface area contributed by atoms with Gasteiger partial charge in [-0.25, -0.2) is 12.8 Å². The molecule has 0 radical (unpaired) electrons. The van der Waals surface area contributed by atoms with Crippen LogP contribution in [0.5, 0.6) is 0 Å². The third-order valence-corrected chi connectivity index (χ3v) is 5.41. The fraction of sp³-hybridized carbons (Fsp3) is 0.538. The molecule has 1 aliphatic heterocycles. The van der Waals surface area contributed by atoms with Crippen molar-refractivity contribution >= 4 is 10.0 Å². The predicted octanol–water partition coefficient (Wildman–Crippen LogP) is 1.47. The minimum atomic E-state index is -3.41. The molecule has 0 aromatic heterocycles. The van der Waals surface area contributed by atoms with Crippen LogP contribution in [0.15, 0.2) is 24.3 Å². The fourth-order valence-electron chi connectivity index (χ4n) is 2.52. The Morgan fingerprint density at radius 3 is 2.84 bits per heavy atom. The molecule has 2 rings (SSSR count). The summed E-state index contributed by atoms with van der Waals surface area (Å²) in [6.45, 7) is 2.31. The molecule has 19 heavy (non-hydrogen) atoms. The first-order valence-electron chi connectivity index (χ1n) is 6.38. The summed E-state index contributed by atoms with van der Waals surface area (Å²) in [6, 6.07) is 5.69. The van der Waals surface area contributed by atoms with E-state index in [1.54, 1.807) is 6.07 Å². The predicted molar refractivity (Wildman–Crippen MR) is 72.4 cm³/mol. The van der Waals surface area contributed by atoms with Crippen molar-refractivity contribution in [3.63, 3.8) is 0 Å². The van der Waals surface area contributed by atoms with Crippen LogP contribution < -0.4 is 5.73 Å². The number of benzene rings is 1. The van der Waals surface area contributed by atoms with Crippen LogP contribution in [0, 0.1) is 5.82 Å². The van der Waals surface area contributed by atoms with Gasteiger partial charge in [-0.1, -0.05) is 12.1 Å². The summed E-state index contributed by atoms with van der Waals surface area (Å²) < 4.78 is 39.3. The van der Waals surface area contributed by atoms with Gasteiger partial charge in [0.15, 0.2) is 0 Å². The second kappa shape index (κ2) is 5.56. The lowest BCUT2D eigenvalue weighted by Crippen LogP contribution is -2.48. The third-order valence-electron chi connectivity index (χ3n) is 3.45. The first-order chi connectivity index (χ1) is 8.88. The molecule has 4 nitrogen and oxygen atoms in total. The molecule has 0 aliphatic carbocycles. The lowest BCUT2D eigenvalue weighted by molar-refractivity contribution is 0.247. The highest BCUT2D eigenvalue weighted by Gasteiger charge is 2.32. The molecule has 6 heteroatoms. The highest BCUT2D eigenvalue weighted by molar-refractivity contribution is 7.88. The Morgan fingerprint density at radius 2 is 2.21 bits per heavy atom. The Kier molecular flexibility index (Phi) is 4.23. The molecule has 106 valence electrons. The van der Waals surface area contributed by atoms with Crippen molar-refractivity contribution in [2.45, 2.75) is 37.6 Å². The molecule has 2 N–H and O–H groups in total. The molecule has 0 bridgehead atoms. The Hall–Kier alpha value is -0.980. The minimum absolute atomic E-state index is 0.0654. The zero-order chi connectivity index (χ0) is 14.0. The van der Waals surface area contributed by atoms with Gasteiger partial charge in [0.2, 0.25) is 10.0 Å². The maximum atomic E-state index is 13.1. The molecule has 2 atom stereocenters. The number of piperidine rings is 1. The van der Waals surface area contributed by atoms with Crippen molar-refractivity contribution in [2.75, 3.05) is 6.54 Å². The van der Waals surface area contributed by atoms with Crippen molar-refractivity contribution in [1.29, 1.82) is 0 Å². The third kappa shape index (κ3) is 3.52. The van der Waals surface area contributed by atoms with E-state index < -0.39 is 15.8 Å². The number of nitrogens with two attached hydrogens (primary N) is 1. The monoisotopic (exact) mass is 286 g/mol. The largest absolute Gasteiger partial charge is 0.328 e. The van der Waals surface area contributed by atoms with Gasteiger partial charge in [0.25, 0.3) is 0 Å². The van der Waals surface area contributed by atoms with Crippen LogP contribution in [0.1, 0.15) is 25.3 Å². The number of hydrogen-bond acceptors (Lipinski definition) is 3. The number of rotatable bonds is 3. The van der Waals surface area contributed by atoms with Crippen LogP contribution in [-0.2, 0) is 15.8 Å². The van der Waals surface area contributed by atoms with Crippen molar-refractivity contribution in [2.24, 2.45) is 5.73 Å². The quantitative estimate of drug-likeness (QED) is 0.915. The van der Waals surface area contributed by atoms with Gasteiger partial charge in [-0.15, -0.1) is 0 Å². The van der Waals surface area contributed by atoms with Gasteiger partial charge < -0.3 is 5.73 Å². The smallest absolute Gasteiger partial charge is 0.218 e. The maximum absolute atomic E-state index is 13.1. The van der Waals surface area contributed by atoms with Gasteiger partial charge in [-0.2, -0.15) is 4.31 Å². The second-order valence-electron chi connectivity index (χ2n) is 5.13. The van der Waals surface area contributed by atoms with Crippen LogP contribution in [0.2, 0.25) is 0 Å². The second-order valence-corrected chi connectivity index (χ2v) is 7.05. The normalized spacial score (nSPS) is 25.4. The Morgan fingerprint density at radius 1 is 1.47 bits per heavy atom. The molecule has 0 unspecified atom stereocenters. The number of sulfonamides is 1. The van der Waals surface area contributed by atoms with Crippen molar-refractivity contribution in [3.8, 4) is 0 Å². The average Bonchev–Trinajstić information content (AvgIpc) is 2.27. The van der Waals surface area contributed by atoms with Crippen molar-refractivity contribution in [1.82, 2.24) is 4.31 Å². The summed E-state index contributed by atoms with van der Waals surface area (Å²) in [4.78, 5) is 0. The maximum Gasteiger partial charge on any atom is 0.218 e.